The molecule has 0 aliphatic carbocycles. The smallest absolute Gasteiger partial charge is 0.279 e. The zero-order chi connectivity index (χ0) is 18.8. The maximum atomic E-state index is 12.5. The first kappa shape index (κ1) is 18.4. The number of benzene rings is 2. The Morgan fingerprint density at radius 2 is 2.19 bits per heavy atom. The summed E-state index contributed by atoms with van der Waals surface area (Å²) < 4.78 is 1.24. The second-order valence-electron chi connectivity index (χ2n) is 7.27. The highest BCUT2D eigenvalue weighted by Gasteiger charge is 2.28. The predicted octanol–water partition coefficient (Wildman–Crippen LogP) is 3.66. The zero-order valence-corrected chi connectivity index (χ0v) is 16.9. The minimum absolute atomic E-state index is 0.0145. The van der Waals surface area contributed by atoms with E-state index in [1.54, 1.807) is 11.3 Å². The lowest BCUT2D eigenvalue weighted by Gasteiger charge is -2.28. The van der Waals surface area contributed by atoms with Gasteiger partial charge in [-0.25, -0.2) is 4.98 Å². The number of hydrogen-bond acceptors (Lipinski definition) is 3. The third-order valence-corrected chi connectivity index (χ3v) is 6.60. The molecule has 0 spiro atoms. The van der Waals surface area contributed by atoms with Crippen LogP contribution >= 0.6 is 22.9 Å². The third kappa shape index (κ3) is 4.32. The average Bonchev–Trinajstić information content (AvgIpc) is 3.08. The standard InChI is InChI=1S/C21H22ClN3OS/c1-14-8-9-17(16(22)11-14)23-20(26)13-25-10-4-5-15(12-25)21-24-18-6-2-3-7-19(18)27-21/h2-3,6-9,11,15H,4-5,10,12-13H2,1H3,(H,23,26)/p+1/t15-/m0/s1. The van der Waals surface area contributed by atoms with Crippen molar-refractivity contribution in [3.8, 4) is 0 Å². The van der Waals surface area contributed by atoms with Crippen molar-refractivity contribution in [2.45, 2.75) is 25.7 Å². The molecule has 2 aromatic carbocycles. The van der Waals surface area contributed by atoms with Crippen molar-refractivity contribution in [3.05, 3.63) is 58.1 Å². The van der Waals surface area contributed by atoms with Gasteiger partial charge in [-0.05, 0) is 49.6 Å². The second-order valence-corrected chi connectivity index (χ2v) is 8.74. The van der Waals surface area contributed by atoms with E-state index in [4.69, 9.17) is 16.6 Å². The van der Waals surface area contributed by atoms with Gasteiger partial charge >= 0.3 is 0 Å². The Bertz CT molecular complexity index is 938. The summed E-state index contributed by atoms with van der Waals surface area (Å²) in [4.78, 5) is 18.6. The predicted molar refractivity (Wildman–Crippen MR) is 112 cm³/mol. The molecule has 1 fully saturated rings. The summed E-state index contributed by atoms with van der Waals surface area (Å²) in [5, 5.41) is 4.75. The largest absolute Gasteiger partial charge is 0.327 e. The van der Waals surface area contributed by atoms with Gasteiger partial charge in [-0.2, -0.15) is 0 Å². The molecule has 27 heavy (non-hydrogen) atoms. The van der Waals surface area contributed by atoms with Crippen molar-refractivity contribution >= 4 is 44.7 Å². The quantitative estimate of drug-likeness (QED) is 0.702. The van der Waals surface area contributed by atoms with Crippen molar-refractivity contribution in [2.75, 3.05) is 25.0 Å². The van der Waals surface area contributed by atoms with Gasteiger partial charge in [0.1, 0.15) is 5.01 Å². The molecule has 1 amide bonds. The van der Waals surface area contributed by atoms with Gasteiger partial charge in [0.25, 0.3) is 5.91 Å². The lowest BCUT2D eigenvalue weighted by molar-refractivity contribution is -0.898. The molecule has 3 aromatic rings. The number of piperidine rings is 1. The fraction of sp³-hybridized carbons (Fsp3) is 0.333. The minimum atomic E-state index is 0.0145. The van der Waals surface area contributed by atoms with Gasteiger partial charge in [0, 0.05) is 0 Å². The Morgan fingerprint density at radius 3 is 3.00 bits per heavy atom. The van der Waals surface area contributed by atoms with Crippen LogP contribution in [0.4, 0.5) is 5.69 Å². The number of aromatic nitrogens is 1. The molecule has 0 saturated carbocycles. The van der Waals surface area contributed by atoms with Gasteiger partial charge in [-0.15, -0.1) is 11.3 Å². The van der Waals surface area contributed by atoms with Crippen molar-refractivity contribution in [1.29, 1.82) is 0 Å². The number of anilines is 1. The molecule has 1 aliphatic heterocycles. The van der Waals surface area contributed by atoms with Crippen LogP contribution in [0.1, 0.15) is 29.3 Å². The van der Waals surface area contributed by atoms with Crippen LogP contribution in [0, 0.1) is 6.92 Å². The fourth-order valence-corrected chi connectivity index (χ4v) is 5.11. The van der Waals surface area contributed by atoms with Crippen LogP contribution in [0.3, 0.4) is 0 Å². The number of carbonyl (C=O) groups is 1. The van der Waals surface area contributed by atoms with Gasteiger partial charge in [-0.3, -0.25) is 4.79 Å². The Hall–Kier alpha value is -1.95. The van der Waals surface area contributed by atoms with Gasteiger partial charge in [0.15, 0.2) is 6.54 Å². The number of aryl methyl sites for hydroxylation is 1. The highest BCUT2D eigenvalue weighted by atomic mass is 35.5. The molecular weight excluding hydrogens is 378 g/mol. The fourth-order valence-electron chi connectivity index (χ4n) is 3.73. The molecule has 4 rings (SSSR count). The molecule has 2 N–H and O–H groups in total. The number of halogens is 1. The van der Waals surface area contributed by atoms with Crippen LogP contribution in [0.15, 0.2) is 42.5 Å². The Labute approximate surface area is 168 Å². The molecule has 140 valence electrons. The van der Waals surface area contributed by atoms with Crippen LogP contribution in [-0.2, 0) is 4.79 Å². The molecule has 1 saturated heterocycles. The number of hydrogen-bond donors (Lipinski definition) is 2. The van der Waals surface area contributed by atoms with Crippen LogP contribution in [-0.4, -0.2) is 30.5 Å². The Balaban J connectivity index is 1.40. The van der Waals surface area contributed by atoms with Crippen LogP contribution in [0.25, 0.3) is 10.2 Å². The number of fused-ring (bicyclic) bond motifs is 1. The van der Waals surface area contributed by atoms with Gasteiger partial charge in [-0.1, -0.05) is 29.8 Å². The topological polar surface area (TPSA) is 46.4 Å². The molecule has 1 aromatic heterocycles. The molecule has 1 aliphatic rings. The van der Waals surface area contributed by atoms with Gasteiger partial charge in [0.2, 0.25) is 0 Å². The highest BCUT2D eigenvalue weighted by Crippen LogP contribution is 2.30. The third-order valence-electron chi connectivity index (χ3n) is 5.09. The van der Waals surface area contributed by atoms with Gasteiger partial charge < -0.3 is 10.2 Å². The van der Waals surface area contributed by atoms with Crippen molar-refractivity contribution in [1.82, 2.24) is 4.98 Å². The number of nitrogens with zero attached hydrogens (tertiary/aromatic N) is 1. The van der Waals surface area contributed by atoms with Crippen molar-refractivity contribution < 1.29 is 9.69 Å². The average molecular weight is 401 g/mol. The Morgan fingerprint density at radius 1 is 1.33 bits per heavy atom. The maximum Gasteiger partial charge on any atom is 0.279 e. The van der Waals surface area contributed by atoms with E-state index < -0.39 is 0 Å². The minimum Gasteiger partial charge on any atom is -0.327 e. The monoisotopic (exact) mass is 400 g/mol. The highest BCUT2D eigenvalue weighted by molar-refractivity contribution is 7.18. The van der Waals surface area contributed by atoms with Crippen LogP contribution in [0.5, 0.6) is 0 Å². The molecule has 2 atom stereocenters. The second kappa shape index (κ2) is 7.97. The number of nitrogens with one attached hydrogen (secondary N) is 2. The first-order valence-corrected chi connectivity index (χ1v) is 10.5. The van der Waals surface area contributed by atoms with E-state index >= 15 is 0 Å². The summed E-state index contributed by atoms with van der Waals surface area (Å²) in [5.41, 5.74) is 2.85. The normalized spacial score (nSPS) is 19.9. The number of carbonyl (C=O) groups excluding carboxylic acids is 1. The zero-order valence-electron chi connectivity index (χ0n) is 15.3. The first-order chi connectivity index (χ1) is 13.1. The van der Waals surface area contributed by atoms with E-state index in [0.29, 0.717) is 23.2 Å². The van der Waals surface area contributed by atoms with Crippen LogP contribution < -0.4 is 10.2 Å². The van der Waals surface area contributed by atoms with E-state index in [0.717, 1.165) is 37.0 Å². The number of likely N-dealkylation sites (tertiary alicyclic amines) is 1. The van der Waals surface area contributed by atoms with E-state index in [1.165, 1.54) is 14.6 Å². The molecule has 1 unspecified atom stereocenters. The van der Waals surface area contributed by atoms with E-state index in [9.17, 15) is 4.79 Å². The molecular formula is C21H23ClN3OS+. The van der Waals surface area contributed by atoms with Crippen molar-refractivity contribution in [3.63, 3.8) is 0 Å². The summed E-state index contributed by atoms with van der Waals surface area (Å²) in [7, 11) is 0. The van der Waals surface area contributed by atoms with Gasteiger partial charge in [0.05, 0.1) is 39.9 Å². The summed E-state index contributed by atoms with van der Waals surface area (Å²) in [6.07, 6.45) is 2.27. The molecule has 4 nitrogen and oxygen atoms in total. The molecule has 0 bridgehead atoms. The number of thiazole rings is 1. The summed E-state index contributed by atoms with van der Waals surface area (Å²) in [6, 6.07) is 14.0. The number of amides is 1. The SMILES string of the molecule is Cc1ccc(NC(=O)C[NH+]2CCC[C@H](c3nc4ccccc4s3)C2)c(Cl)c1. The molecule has 6 heteroatoms. The number of rotatable bonds is 4. The summed E-state index contributed by atoms with van der Waals surface area (Å²) >= 11 is 8.02. The van der Waals surface area contributed by atoms with Crippen molar-refractivity contribution in [2.24, 2.45) is 0 Å². The maximum absolute atomic E-state index is 12.5. The number of para-hydroxylation sites is 1. The molecule has 2 heterocycles. The lowest BCUT2D eigenvalue weighted by atomic mass is 9.99. The number of quaternary nitrogens is 1. The Kier molecular flexibility index (Phi) is 5.43. The molecule has 0 radical (unpaired) electrons. The van der Waals surface area contributed by atoms with E-state index in [2.05, 4.69) is 23.5 Å². The lowest BCUT2D eigenvalue weighted by Crippen LogP contribution is -3.14. The first-order valence-electron chi connectivity index (χ1n) is 9.33. The van der Waals surface area contributed by atoms with Crippen LogP contribution in [0.2, 0.25) is 5.02 Å². The summed E-state index contributed by atoms with van der Waals surface area (Å²) in [5.74, 6) is 0.447. The van der Waals surface area contributed by atoms with E-state index in [1.807, 2.05) is 31.2 Å². The summed E-state index contributed by atoms with van der Waals surface area (Å²) in [6.45, 7) is 4.43. The van der Waals surface area contributed by atoms with E-state index in [-0.39, 0.29) is 5.91 Å².